The first-order chi connectivity index (χ1) is 9.69. The standard InChI is InChI=1S/C16H11N3O/c1-10-14(7-13(9-17)16(20)19-10)12-5-4-11-3-2-6-18-15(11)8-12/h2-8H,1H3,(H,19,20). The first-order valence-corrected chi connectivity index (χ1v) is 6.18. The van der Waals surface area contributed by atoms with Gasteiger partial charge in [-0.05, 0) is 30.7 Å². The zero-order chi connectivity index (χ0) is 14.1. The molecular weight excluding hydrogens is 250 g/mol. The predicted molar refractivity (Wildman–Crippen MR) is 77.3 cm³/mol. The maximum Gasteiger partial charge on any atom is 0.266 e. The number of aromatic nitrogens is 2. The molecule has 0 unspecified atom stereocenters. The van der Waals surface area contributed by atoms with Crippen LogP contribution in [0.2, 0.25) is 0 Å². The van der Waals surface area contributed by atoms with Gasteiger partial charge in [-0.3, -0.25) is 9.78 Å². The van der Waals surface area contributed by atoms with Crippen molar-refractivity contribution in [1.82, 2.24) is 9.97 Å². The molecule has 0 spiro atoms. The van der Waals surface area contributed by atoms with E-state index in [1.165, 1.54) is 0 Å². The monoisotopic (exact) mass is 261 g/mol. The first-order valence-electron chi connectivity index (χ1n) is 6.18. The van der Waals surface area contributed by atoms with Crippen molar-refractivity contribution in [2.24, 2.45) is 0 Å². The van der Waals surface area contributed by atoms with Crippen molar-refractivity contribution in [3.63, 3.8) is 0 Å². The fourth-order valence-corrected chi connectivity index (χ4v) is 2.24. The smallest absolute Gasteiger partial charge is 0.266 e. The summed E-state index contributed by atoms with van der Waals surface area (Å²) in [5, 5.41) is 10.0. The molecular formula is C16H11N3O. The Balaban J connectivity index is 2.25. The number of benzene rings is 1. The molecule has 96 valence electrons. The molecule has 1 N–H and O–H groups in total. The van der Waals surface area contributed by atoms with Crippen LogP contribution in [0.3, 0.4) is 0 Å². The van der Waals surface area contributed by atoms with Crippen LogP contribution in [0.5, 0.6) is 0 Å². The Labute approximate surface area is 115 Å². The normalized spacial score (nSPS) is 10.4. The van der Waals surface area contributed by atoms with Crippen molar-refractivity contribution in [3.8, 4) is 17.2 Å². The van der Waals surface area contributed by atoms with E-state index in [-0.39, 0.29) is 11.1 Å². The molecule has 2 aromatic heterocycles. The summed E-state index contributed by atoms with van der Waals surface area (Å²) in [6, 6.07) is 13.3. The fourth-order valence-electron chi connectivity index (χ4n) is 2.24. The van der Waals surface area contributed by atoms with Crippen molar-refractivity contribution >= 4 is 10.9 Å². The highest BCUT2D eigenvalue weighted by atomic mass is 16.1. The van der Waals surface area contributed by atoms with Crippen molar-refractivity contribution in [3.05, 3.63) is 64.2 Å². The molecule has 0 saturated heterocycles. The molecule has 0 bridgehead atoms. The lowest BCUT2D eigenvalue weighted by Gasteiger charge is -2.07. The van der Waals surface area contributed by atoms with E-state index in [1.807, 2.05) is 43.3 Å². The summed E-state index contributed by atoms with van der Waals surface area (Å²) in [5.74, 6) is 0. The number of aromatic amines is 1. The summed E-state index contributed by atoms with van der Waals surface area (Å²) in [5.41, 5.74) is 3.16. The molecule has 0 aliphatic carbocycles. The van der Waals surface area contributed by atoms with Crippen molar-refractivity contribution in [2.75, 3.05) is 0 Å². The van der Waals surface area contributed by atoms with Gasteiger partial charge in [0.2, 0.25) is 0 Å². The number of nitrogens with one attached hydrogen (secondary N) is 1. The van der Waals surface area contributed by atoms with Crippen LogP contribution in [0.4, 0.5) is 0 Å². The Morgan fingerprint density at radius 3 is 2.90 bits per heavy atom. The Kier molecular flexibility index (Phi) is 2.81. The van der Waals surface area contributed by atoms with E-state index >= 15 is 0 Å². The Morgan fingerprint density at radius 2 is 2.10 bits per heavy atom. The number of H-pyrrole nitrogens is 1. The second-order valence-electron chi connectivity index (χ2n) is 4.57. The SMILES string of the molecule is Cc1[nH]c(=O)c(C#N)cc1-c1ccc2cccnc2c1. The molecule has 0 atom stereocenters. The molecule has 0 saturated carbocycles. The van der Waals surface area contributed by atoms with Crippen molar-refractivity contribution < 1.29 is 0 Å². The van der Waals surface area contributed by atoms with Gasteiger partial charge in [-0.25, -0.2) is 0 Å². The van der Waals surface area contributed by atoms with Crippen LogP contribution in [-0.2, 0) is 0 Å². The molecule has 1 aromatic carbocycles. The largest absolute Gasteiger partial charge is 0.325 e. The number of nitrogens with zero attached hydrogens (tertiary/aromatic N) is 2. The highest BCUT2D eigenvalue weighted by molar-refractivity contribution is 5.84. The Hall–Kier alpha value is -2.93. The summed E-state index contributed by atoms with van der Waals surface area (Å²) in [7, 11) is 0. The third-order valence-electron chi connectivity index (χ3n) is 3.28. The van der Waals surface area contributed by atoms with E-state index in [0.717, 1.165) is 27.7 Å². The number of rotatable bonds is 1. The molecule has 0 fully saturated rings. The van der Waals surface area contributed by atoms with Gasteiger partial charge in [-0.15, -0.1) is 0 Å². The third kappa shape index (κ3) is 1.95. The van der Waals surface area contributed by atoms with Crippen LogP contribution < -0.4 is 5.56 Å². The highest BCUT2D eigenvalue weighted by Gasteiger charge is 2.08. The second kappa shape index (κ2) is 4.63. The third-order valence-corrected chi connectivity index (χ3v) is 3.28. The molecule has 0 amide bonds. The molecule has 3 rings (SSSR count). The quantitative estimate of drug-likeness (QED) is 0.732. The van der Waals surface area contributed by atoms with Crippen LogP contribution >= 0.6 is 0 Å². The molecule has 2 heterocycles. The average Bonchev–Trinajstić information content (AvgIpc) is 2.47. The lowest BCUT2D eigenvalue weighted by atomic mass is 10.0. The van der Waals surface area contributed by atoms with Gasteiger partial charge in [0.25, 0.3) is 5.56 Å². The summed E-state index contributed by atoms with van der Waals surface area (Å²) in [6.07, 6.45) is 1.74. The van der Waals surface area contributed by atoms with E-state index in [0.29, 0.717) is 0 Å². The topological polar surface area (TPSA) is 69.5 Å². The van der Waals surface area contributed by atoms with Crippen molar-refractivity contribution in [1.29, 1.82) is 5.26 Å². The van der Waals surface area contributed by atoms with Crippen LogP contribution in [0, 0.1) is 18.3 Å². The maximum atomic E-state index is 11.6. The lowest BCUT2D eigenvalue weighted by Crippen LogP contribution is -2.11. The zero-order valence-corrected chi connectivity index (χ0v) is 10.8. The van der Waals surface area contributed by atoms with E-state index in [9.17, 15) is 4.79 Å². The molecule has 4 heteroatoms. The van der Waals surface area contributed by atoms with Gasteiger partial charge in [0.1, 0.15) is 11.6 Å². The summed E-state index contributed by atoms with van der Waals surface area (Å²) in [4.78, 5) is 18.6. The number of pyridine rings is 2. The van der Waals surface area contributed by atoms with Gasteiger partial charge in [-0.1, -0.05) is 18.2 Å². The maximum absolute atomic E-state index is 11.6. The van der Waals surface area contributed by atoms with Crippen molar-refractivity contribution in [2.45, 2.75) is 6.92 Å². The van der Waals surface area contributed by atoms with Gasteiger partial charge >= 0.3 is 0 Å². The molecule has 20 heavy (non-hydrogen) atoms. The lowest BCUT2D eigenvalue weighted by molar-refractivity contribution is 1.13. The number of hydrogen-bond acceptors (Lipinski definition) is 3. The highest BCUT2D eigenvalue weighted by Crippen LogP contribution is 2.25. The van der Waals surface area contributed by atoms with Gasteiger partial charge in [0.05, 0.1) is 5.52 Å². The van der Waals surface area contributed by atoms with Crippen LogP contribution in [0.15, 0.2) is 47.4 Å². The van der Waals surface area contributed by atoms with Gasteiger partial charge in [0.15, 0.2) is 0 Å². The minimum absolute atomic E-state index is 0.117. The van der Waals surface area contributed by atoms with E-state index in [1.54, 1.807) is 12.3 Å². The predicted octanol–water partition coefficient (Wildman–Crippen LogP) is 2.77. The molecule has 0 radical (unpaired) electrons. The first kappa shape index (κ1) is 12.1. The van der Waals surface area contributed by atoms with Crippen LogP contribution in [-0.4, -0.2) is 9.97 Å². The molecule has 0 aliphatic heterocycles. The van der Waals surface area contributed by atoms with Crippen LogP contribution in [0.25, 0.3) is 22.0 Å². The van der Waals surface area contributed by atoms with Gasteiger partial charge < -0.3 is 4.98 Å². The van der Waals surface area contributed by atoms with E-state index < -0.39 is 0 Å². The minimum Gasteiger partial charge on any atom is -0.325 e. The number of aryl methyl sites for hydroxylation is 1. The van der Waals surface area contributed by atoms with Gasteiger partial charge in [-0.2, -0.15) is 5.26 Å². The summed E-state index contributed by atoms with van der Waals surface area (Å²) >= 11 is 0. The molecule has 3 aromatic rings. The number of hydrogen-bond donors (Lipinski definition) is 1. The zero-order valence-electron chi connectivity index (χ0n) is 10.8. The Bertz CT molecular complexity index is 903. The average molecular weight is 261 g/mol. The molecule has 4 nitrogen and oxygen atoms in total. The molecule has 0 aliphatic rings. The Morgan fingerprint density at radius 1 is 1.25 bits per heavy atom. The summed E-state index contributed by atoms with van der Waals surface area (Å²) in [6.45, 7) is 1.82. The van der Waals surface area contributed by atoms with Gasteiger partial charge in [0, 0.05) is 22.8 Å². The second-order valence-corrected chi connectivity index (χ2v) is 4.57. The van der Waals surface area contributed by atoms with E-state index in [4.69, 9.17) is 5.26 Å². The fraction of sp³-hybridized carbons (Fsp3) is 0.0625. The summed E-state index contributed by atoms with van der Waals surface area (Å²) < 4.78 is 0. The van der Waals surface area contributed by atoms with E-state index in [2.05, 4.69) is 9.97 Å². The minimum atomic E-state index is -0.354. The number of fused-ring (bicyclic) bond motifs is 1. The van der Waals surface area contributed by atoms with Crippen LogP contribution in [0.1, 0.15) is 11.3 Å². The number of nitriles is 1.